The monoisotopic (exact) mass is 252 g/mol. The molecule has 2 N–H and O–H groups in total. The zero-order valence-corrected chi connectivity index (χ0v) is 9.80. The van der Waals surface area contributed by atoms with E-state index in [9.17, 15) is 18.0 Å². The van der Waals surface area contributed by atoms with E-state index in [1.807, 2.05) is 0 Å². The first-order valence-corrected chi connectivity index (χ1v) is 6.00. The third-order valence-corrected chi connectivity index (χ3v) is 3.06. The zero-order valence-electron chi connectivity index (χ0n) is 9.80. The normalized spacial score (nSPS) is 20.9. The molecular weight excluding hydrogens is 233 g/mol. The maximum absolute atomic E-state index is 12.0. The Morgan fingerprint density at radius 1 is 1.41 bits per heavy atom. The number of rotatable bonds is 5. The highest BCUT2D eigenvalue weighted by Crippen LogP contribution is 2.25. The molecule has 6 heteroatoms. The number of nitrogens with two attached hydrogens (primary N) is 1. The number of carbonyl (C=O) groups is 1. The highest BCUT2D eigenvalue weighted by atomic mass is 19.4. The minimum absolute atomic E-state index is 0.0966. The second-order valence-electron chi connectivity index (χ2n) is 4.43. The van der Waals surface area contributed by atoms with Gasteiger partial charge in [-0.2, -0.15) is 13.2 Å². The van der Waals surface area contributed by atoms with E-state index in [0.29, 0.717) is 13.1 Å². The molecule has 1 atom stereocenters. The Morgan fingerprint density at radius 2 is 2.12 bits per heavy atom. The van der Waals surface area contributed by atoms with Crippen LogP contribution in [0.2, 0.25) is 0 Å². The molecule has 0 aromatic rings. The molecule has 1 heterocycles. The molecule has 1 aliphatic heterocycles. The summed E-state index contributed by atoms with van der Waals surface area (Å²) in [4.78, 5) is 13.3. The molecule has 1 aliphatic rings. The quantitative estimate of drug-likeness (QED) is 0.814. The first-order valence-electron chi connectivity index (χ1n) is 6.00. The molecule has 1 saturated heterocycles. The predicted molar refractivity (Wildman–Crippen MR) is 58.3 cm³/mol. The van der Waals surface area contributed by atoms with Gasteiger partial charge in [0, 0.05) is 19.0 Å². The van der Waals surface area contributed by atoms with E-state index in [1.54, 1.807) is 4.90 Å². The van der Waals surface area contributed by atoms with Crippen LogP contribution < -0.4 is 5.73 Å². The molecule has 1 amide bonds. The lowest BCUT2D eigenvalue weighted by atomic mass is 10.1. The molecule has 0 aromatic heterocycles. The fraction of sp³-hybridized carbons (Fsp3) is 0.909. The average molecular weight is 252 g/mol. The SMILES string of the molecule is NCCCC1CCCN1C(=O)CCC(F)(F)F. The number of nitrogens with zero attached hydrogens (tertiary/aromatic N) is 1. The lowest BCUT2D eigenvalue weighted by molar-refractivity contribution is -0.149. The van der Waals surface area contributed by atoms with Crippen molar-refractivity contribution in [2.24, 2.45) is 5.73 Å². The summed E-state index contributed by atoms with van der Waals surface area (Å²) >= 11 is 0. The number of hydrogen-bond acceptors (Lipinski definition) is 2. The topological polar surface area (TPSA) is 46.3 Å². The van der Waals surface area contributed by atoms with E-state index in [0.717, 1.165) is 25.7 Å². The summed E-state index contributed by atoms with van der Waals surface area (Å²) in [5, 5.41) is 0. The summed E-state index contributed by atoms with van der Waals surface area (Å²) in [5.41, 5.74) is 5.39. The van der Waals surface area contributed by atoms with Gasteiger partial charge >= 0.3 is 6.18 Å². The fourth-order valence-electron chi connectivity index (χ4n) is 2.21. The third-order valence-electron chi connectivity index (χ3n) is 3.06. The number of amides is 1. The van der Waals surface area contributed by atoms with Gasteiger partial charge < -0.3 is 10.6 Å². The summed E-state index contributed by atoms with van der Waals surface area (Å²) in [6.07, 6.45) is -2.32. The summed E-state index contributed by atoms with van der Waals surface area (Å²) < 4.78 is 36.0. The summed E-state index contributed by atoms with van der Waals surface area (Å²) in [5.74, 6) is -0.373. The predicted octanol–water partition coefficient (Wildman–Crippen LogP) is 2.06. The van der Waals surface area contributed by atoms with Gasteiger partial charge in [0.15, 0.2) is 0 Å². The highest BCUT2D eigenvalue weighted by molar-refractivity contribution is 5.76. The van der Waals surface area contributed by atoms with Crippen LogP contribution in [0.5, 0.6) is 0 Å². The van der Waals surface area contributed by atoms with Gasteiger partial charge in [-0.1, -0.05) is 0 Å². The van der Waals surface area contributed by atoms with Gasteiger partial charge in [-0.3, -0.25) is 4.79 Å². The highest BCUT2D eigenvalue weighted by Gasteiger charge is 2.32. The first kappa shape index (κ1) is 14.3. The molecule has 17 heavy (non-hydrogen) atoms. The Morgan fingerprint density at radius 3 is 2.71 bits per heavy atom. The van der Waals surface area contributed by atoms with Gasteiger partial charge in [-0.15, -0.1) is 0 Å². The van der Waals surface area contributed by atoms with E-state index in [1.165, 1.54) is 0 Å². The lowest BCUT2D eigenvalue weighted by Gasteiger charge is -2.25. The molecule has 0 saturated carbocycles. The molecule has 1 fully saturated rings. The molecular formula is C11H19F3N2O. The van der Waals surface area contributed by atoms with Crippen molar-refractivity contribution in [3.8, 4) is 0 Å². The molecule has 1 rings (SSSR count). The van der Waals surface area contributed by atoms with Crippen molar-refractivity contribution in [3.63, 3.8) is 0 Å². The number of hydrogen-bond donors (Lipinski definition) is 1. The van der Waals surface area contributed by atoms with Gasteiger partial charge in [0.05, 0.1) is 6.42 Å². The molecule has 0 radical (unpaired) electrons. The van der Waals surface area contributed by atoms with Crippen LogP contribution >= 0.6 is 0 Å². The van der Waals surface area contributed by atoms with E-state index in [4.69, 9.17) is 5.73 Å². The molecule has 0 aliphatic carbocycles. The Balaban J connectivity index is 2.39. The zero-order chi connectivity index (χ0) is 12.9. The molecule has 0 spiro atoms. The van der Waals surface area contributed by atoms with Crippen molar-refractivity contribution in [2.75, 3.05) is 13.1 Å². The van der Waals surface area contributed by atoms with Gasteiger partial charge in [0.2, 0.25) is 5.91 Å². The van der Waals surface area contributed by atoms with Gasteiger partial charge in [-0.05, 0) is 32.2 Å². The average Bonchev–Trinajstić information content (AvgIpc) is 2.70. The molecule has 1 unspecified atom stereocenters. The van der Waals surface area contributed by atoms with Crippen LogP contribution in [-0.2, 0) is 4.79 Å². The van der Waals surface area contributed by atoms with Crippen LogP contribution in [0.1, 0.15) is 38.5 Å². The molecule has 100 valence electrons. The van der Waals surface area contributed by atoms with Crippen LogP contribution in [0.3, 0.4) is 0 Å². The third kappa shape index (κ3) is 4.93. The fourth-order valence-corrected chi connectivity index (χ4v) is 2.21. The molecule has 0 aromatic carbocycles. The van der Waals surface area contributed by atoms with Crippen LogP contribution in [0.4, 0.5) is 13.2 Å². The Labute approximate surface area is 99.1 Å². The maximum atomic E-state index is 12.0. The van der Waals surface area contributed by atoms with E-state index in [-0.39, 0.29) is 11.9 Å². The lowest BCUT2D eigenvalue weighted by Crippen LogP contribution is -2.36. The van der Waals surface area contributed by atoms with Crippen LogP contribution in [-0.4, -0.2) is 36.1 Å². The van der Waals surface area contributed by atoms with Crippen molar-refractivity contribution >= 4 is 5.91 Å². The van der Waals surface area contributed by atoms with E-state index < -0.39 is 19.0 Å². The maximum Gasteiger partial charge on any atom is 0.389 e. The van der Waals surface area contributed by atoms with Crippen molar-refractivity contribution in [3.05, 3.63) is 0 Å². The summed E-state index contributed by atoms with van der Waals surface area (Å²) in [7, 11) is 0. The van der Waals surface area contributed by atoms with Crippen molar-refractivity contribution in [1.82, 2.24) is 4.90 Å². The molecule has 0 bridgehead atoms. The number of likely N-dealkylation sites (tertiary alicyclic amines) is 1. The second-order valence-corrected chi connectivity index (χ2v) is 4.43. The van der Waals surface area contributed by atoms with Gasteiger partial charge in [-0.25, -0.2) is 0 Å². The van der Waals surface area contributed by atoms with Crippen LogP contribution in [0.25, 0.3) is 0 Å². The van der Waals surface area contributed by atoms with Gasteiger partial charge in [0.1, 0.15) is 0 Å². The Bertz CT molecular complexity index is 256. The van der Waals surface area contributed by atoms with Crippen LogP contribution in [0.15, 0.2) is 0 Å². The van der Waals surface area contributed by atoms with Crippen molar-refractivity contribution in [1.29, 1.82) is 0 Å². The van der Waals surface area contributed by atoms with Crippen LogP contribution in [0, 0.1) is 0 Å². The number of halogens is 3. The minimum Gasteiger partial charge on any atom is -0.340 e. The first-order chi connectivity index (χ1) is 7.94. The standard InChI is InChI=1S/C11H19F3N2O/c12-11(13,14)6-5-10(17)16-8-2-4-9(16)3-1-7-15/h9H,1-8,15H2. The second kappa shape index (κ2) is 6.23. The van der Waals surface area contributed by atoms with Gasteiger partial charge in [0.25, 0.3) is 0 Å². The minimum atomic E-state index is -4.25. The Hall–Kier alpha value is -0.780. The van der Waals surface area contributed by atoms with Crippen molar-refractivity contribution in [2.45, 2.75) is 50.7 Å². The molecule has 3 nitrogen and oxygen atoms in total. The number of alkyl halides is 3. The smallest absolute Gasteiger partial charge is 0.340 e. The summed E-state index contributed by atoms with van der Waals surface area (Å²) in [6, 6.07) is 0.0966. The van der Waals surface area contributed by atoms with Crippen molar-refractivity contribution < 1.29 is 18.0 Å². The van der Waals surface area contributed by atoms with E-state index in [2.05, 4.69) is 0 Å². The largest absolute Gasteiger partial charge is 0.389 e. The summed E-state index contributed by atoms with van der Waals surface area (Å²) in [6.45, 7) is 1.15. The van der Waals surface area contributed by atoms with E-state index >= 15 is 0 Å². The Kier molecular flexibility index (Phi) is 5.24. The number of carbonyl (C=O) groups excluding carboxylic acids is 1.